The first-order valence-electron chi connectivity index (χ1n) is 14.4. The molecule has 2 N–H and O–H groups in total. The van der Waals surface area contributed by atoms with E-state index in [1.807, 2.05) is 12.1 Å². The van der Waals surface area contributed by atoms with Crippen LogP contribution in [0.4, 0.5) is 0 Å². The van der Waals surface area contributed by atoms with Crippen LogP contribution in [0.25, 0.3) is 10.8 Å². The molecule has 5 rings (SSSR count). The molecule has 0 aliphatic heterocycles. The first-order valence-corrected chi connectivity index (χ1v) is 14.4. The Balaban J connectivity index is 1.24. The molecule has 0 radical (unpaired) electrons. The van der Waals surface area contributed by atoms with Gasteiger partial charge in [-0.15, -0.1) is 0 Å². The highest BCUT2D eigenvalue weighted by molar-refractivity contribution is 5.96. The van der Waals surface area contributed by atoms with Crippen molar-refractivity contribution in [1.82, 2.24) is 10.2 Å². The van der Waals surface area contributed by atoms with Gasteiger partial charge in [0.25, 0.3) is 5.91 Å². The van der Waals surface area contributed by atoms with Crippen molar-refractivity contribution in [2.24, 2.45) is 0 Å². The topological polar surface area (TPSA) is 69.6 Å². The predicted octanol–water partition coefficient (Wildman–Crippen LogP) is 7.08. The van der Waals surface area contributed by atoms with Gasteiger partial charge in [0.2, 0.25) is 0 Å². The fourth-order valence-electron chi connectivity index (χ4n) is 6.68. The molecule has 1 amide bonds. The zero-order valence-electron chi connectivity index (χ0n) is 22.4. The second kappa shape index (κ2) is 12.1. The molecule has 3 aromatic rings. The number of carboxylic acids is 1. The van der Waals surface area contributed by atoms with Crippen molar-refractivity contribution < 1.29 is 14.7 Å². The van der Waals surface area contributed by atoms with Crippen molar-refractivity contribution in [2.75, 3.05) is 6.54 Å². The SMILES string of the molecule is CC(NC1CCC[C@H](c2ccc(C(=O)N(CC(=O)O)C3CCCCC3)cc2)C1)c1cccc2ccccc12. The third-order valence-electron chi connectivity index (χ3n) is 8.66. The second-order valence-corrected chi connectivity index (χ2v) is 11.3. The average molecular weight is 513 g/mol. The molecule has 3 aromatic carbocycles. The lowest BCUT2D eigenvalue weighted by molar-refractivity contribution is -0.138. The molecule has 0 aromatic heterocycles. The average Bonchev–Trinajstić information content (AvgIpc) is 2.96. The van der Waals surface area contributed by atoms with Gasteiger partial charge in [-0.25, -0.2) is 0 Å². The fraction of sp³-hybridized carbons (Fsp3) is 0.455. The predicted molar refractivity (Wildman–Crippen MR) is 152 cm³/mol. The summed E-state index contributed by atoms with van der Waals surface area (Å²) in [5, 5.41) is 15.9. The normalized spacial score (nSPS) is 21.2. The Morgan fingerprint density at radius 3 is 2.39 bits per heavy atom. The second-order valence-electron chi connectivity index (χ2n) is 11.3. The molecule has 2 fully saturated rings. The number of fused-ring (bicyclic) bond motifs is 1. The summed E-state index contributed by atoms with van der Waals surface area (Å²) in [6.45, 7) is 2.04. The number of carbonyl (C=O) groups excluding carboxylic acids is 1. The van der Waals surface area contributed by atoms with Crippen LogP contribution in [0.2, 0.25) is 0 Å². The molecule has 0 heterocycles. The Morgan fingerprint density at radius 1 is 0.895 bits per heavy atom. The first kappa shape index (κ1) is 26.4. The van der Waals surface area contributed by atoms with Crippen LogP contribution in [-0.2, 0) is 4.79 Å². The van der Waals surface area contributed by atoms with Crippen molar-refractivity contribution in [3.05, 3.63) is 83.4 Å². The number of amides is 1. The number of nitrogens with zero attached hydrogens (tertiary/aromatic N) is 1. The summed E-state index contributed by atoms with van der Waals surface area (Å²) in [6.07, 6.45) is 9.66. The van der Waals surface area contributed by atoms with Crippen molar-refractivity contribution in [3.8, 4) is 0 Å². The first-order chi connectivity index (χ1) is 18.5. The van der Waals surface area contributed by atoms with E-state index in [4.69, 9.17) is 0 Å². The lowest BCUT2D eigenvalue weighted by atomic mass is 9.80. The fourth-order valence-corrected chi connectivity index (χ4v) is 6.68. The van der Waals surface area contributed by atoms with E-state index in [0.29, 0.717) is 17.5 Å². The molecule has 3 atom stereocenters. The quantitative estimate of drug-likeness (QED) is 0.338. The zero-order chi connectivity index (χ0) is 26.5. The van der Waals surface area contributed by atoms with E-state index in [0.717, 1.165) is 44.9 Å². The molecule has 38 heavy (non-hydrogen) atoms. The minimum absolute atomic E-state index is 0.0286. The van der Waals surface area contributed by atoms with Crippen LogP contribution in [0.1, 0.15) is 98.2 Å². The molecule has 2 saturated carbocycles. The van der Waals surface area contributed by atoms with Gasteiger partial charge in [0.05, 0.1) is 0 Å². The van der Waals surface area contributed by atoms with Gasteiger partial charge in [0.1, 0.15) is 6.54 Å². The number of carboxylic acid groups (broad SMARTS) is 1. The Morgan fingerprint density at radius 2 is 1.63 bits per heavy atom. The van der Waals surface area contributed by atoms with Crippen molar-refractivity contribution >= 4 is 22.6 Å². The molecular formula is C33H40N2O3. The number of benzene rings is 3. The van der Waals surface area contributed by atoms with Gasteiger partial charge in [-0.3, -0.25) is 9.59 Å². The van der Waals surface area contributed by atoms with E-state index < -0.39 is 5.97 Å². The number of hydrogen-bond donors (Lipinski definition) is 2. The summed E-state index contributed by atoms with van der Waals surface area (Å²) in [7, 11) is 0. The number of rotatable bonds is 8. The lowest BCUT2D eigenvalue weighted by Gasteiger charge is -2.34. The van der Waals surface area contributed by atoms with Crippen molar-refractivity contribution in [3.63, 3.8) is 0 Å². The highest BCUT2D eigenvalue weighted by atomic mass is 16.4. The van der Waals surface area contributed by atoms with Crippen molar-refractivity contribution in [1.29, 1.82) is 0 Å². The Kier molecular flexibility index (Phi) is 8.43. The molecule has 200 valence electrons. The number of hydrogen-bond acceptors (Lipinski definition) is 3. The molecule has 0 spiro atoms. The van der Waals surface area contributed by atoms with Gasteiger partial charge in [-0.2, -0.15) is 0 Å². The van der Waals surface area contributed by atoms with Gasteiger partial charge in [-0.1, -0.05) is 80.3 Å². The molecule has 0 bridgehead atoms. The highest BCUT2D eigenvalue weighted by Crippen LogP contribution is 2.35. The van der Waals surface area contributed by atoms with E-state index in [1.54, 1.807) is 4.90 Å². The lowest BCUT2D eigenvalue weighted by Crippen LogP contribution is -2.44. The number of carbonyl (C=O) groups is 2. The van der Waals surface area contributed by atoms with E-state index in [-0.39, 0.29) is 24.5 Å². The maximum Gasteiger partial charge on any atom is 0.323 e. The Bertz CT molecular complexity index is 1240. The zero-order valence-corrected chi connectivity index (χ0v) is 22.4. The van der Waals surface area contributed by atoms with Gasteiger partial charge in [0, 0.05) is 23.7 Å². The van der Waals surface area contributed by atoms with Crippen LogP contribution in [0, 0.1) is 0 Å². The van der Waals surface area contributed by atoms with E-state index in [1.165, 1.54) is 34.7 Å². The molecular weight excluding hydrogens is 472 g/mol. The smallest absolute Gasteiger partial charge is 0.323 e. The maximum absolute atomic E-state index is 13.3. The number of nitrogens with one attached hydrogen (secondary N) is 1. The van der Waals surface area contributed by atoms with Gasteiger partial charge in [-0.05, 0) is 79.0 Å². The molecule has 2 aliphatic rings. The van der Waals surface area contributed by atoms with Gasteiger partial charge < -0.3 is 15.3 Å². The largest absolute Gasteiger partial charge is 0.480 e. The third kappa shape index (κ3) is 6.10. The molecule has 2 unspecified atom stereocenters. The summed E-state index contributed by atoms with van der Waals surface area (Å²) >= 11 is 0. The van der Waals surface area contributed by atoms with E-state index >= 15 is 0 Å². The summed E-state index contributed by atoms with van der Waals surface area (Å²) in [5.41, 5.74) is 3.21. The van der Waals surface area contributed by atoms with Crippen LogP contribution in [0.15, 0.2) is 66.7 Å². The number of aliphatic carboxylic acids is 1. The summed E-state index contributed by atoms with van der Waals surface area (Å²) in [6, 6.07) is 23.9. The maximum atomic E-state index is 13.3. The van der Waals surface area contributed by atoms with E-state index in [9.17, 15) is 14.7 Å². The van der Waals surface area contributed by atoms with Crippen LogP contribution in [0.3, 0.4) is 0 Å². The van der Waals surface area contributed by atoms with Gasteiger partial charge >= 0.3 is 5.97 Å². The summed E-state index contributed by atoms with van der Waals surface area (Å²) in [4.78, 5) is 26.4. The Hall–Kier alpha value is -3.18. The van der Waals surface area contributed by atoms with Crippen LogP contribution in [-0.4, -0.2) is 40.5 Å². The third-order valence-corrected chi connectivity index (χ3v) is 8.66. The van der Waals surface area contributed by atoms with E-state index in [2.05, 4.69) is 66.8 Å². The van der Waals surface area contributed by atoms with Crippen molar-refractivity contribution in [2.45, 2.75) is 88.8 Å². The van der Waals surface area contributed by atoms with Crippen LogP contribution < -0.4 is 5.32 Å². The molecule has 5 nitrogen and oxygen atoms in total. The highest BCUT2D eigenvalue weighted by Gasteiger charge is 2.29. The van der Waals surface area contributed by atoms with Crippen LogP contribution in [0.5, 0.6) is 0 Å². The standard InChI is InChI=1S/C33H40N2O3/c1-23(30-16-8-10-25-9-5-6-15-31(25)30)34-28-12-7-11-27(21-28)24-17-19-26(20-18-24)33(38)35(22-32(36)37)29-13-3-2-4-14-29/h5-6,8-10,15-20,23,27-29,34H,2-4,7,11-14,21-22H2,1H3,(H,36,37)/t23?,27-,28?/m0/s1. The van der Waals surface area contributed by atoms with Gasteiger partial charge in [0.15, 0.2) is 0 Å². The molecule has 0 saturated heterocycles. The monoisotopic (exact) mass is 512 g/mol. The summed E-state index contributed by atoms with van der Waals surface area (Å²) in [5.74, 6) is -0.643. The molecule has 5 heteroatoms. The summed E-state index contributed by atoms with van der Waals surface area (Å²) < 4.78 is 0. The Labute approximate surface area is 226 Å². The molecule has 2 aliphatic carbocycles. The minimum Gasteiger partial charge on any atom is -0.480 e. The minimum atomic E-state index is -0.945. The van der Waals surface area contributed by atoms with Crippen LogP contribution >= 0.6 is 0 Å².